The molecular weight excluding hydrogens is 265 g/mol. The molecule has 3 nitrogen and oxygen atoms in total. The maximum absolute atomic E-state index is 12.9. The van der Waals surface area contributed by atoms with Crippen LogP contribution in [0.25, 0.3) is 0 Å². The second kappa shape index (κ2) is 6.33. The third-order valence-corrected chi connectivity index (χ3v) is 3.42. The van der Waals surface area contributed by atoms with Gasteiger partial charge in [-0.25, -0.2) is 4.39 Å². The van der Waals surface area contributed by atoms with E-state index < -0.39 is 0 Å². The van der Waals surface area contributed by atoms with Crippen molar-refractivity contribution in [1.82, 2.24) is 4.90 Å². The van der Waals surface area contributed by atoms with Gasteiger partial charge in [0.15, 0.2) is 6.61 Å². The van der Waals surface area contributed by atoms with Crippen LogP contribution >= 0.6 is 11.3 Å². The fourth-order valence-corrected chi connectivity index (χ4v) is 2.29. The Labute approximate surface area is 115 Å². The Morgan fingerprint density at radius 3 is 2.89 bits per heavy atom. The van der Waals surface area contributed by atoms with E-state index in [1.54, 1.807) is 35.4 Å². The molecule has 0 aliphatic carbocycles. The zero-order valence-electron chi connectivity index (χ0n) is 10.5. The van der Waals surface area contributed by atoms with E-state index in [4.69, 9.17) is 4.74 Å². The van der Waals surface area contributed by atoms with Crippen LogP contribution in [0, 0.1) is 5.82 Å². The van der Waals surface area contributed by atoms with Gasteiger partial charge >= 0.3 is 0 Å². The first-order valence-electron chi connectivity index (χ1n) is 5.80. The van der Waals surface area contributed by atoms with Crippen LogP contribution in [-0.2, 0) is 11.3 Å². The Hall–Kier alpha value is -1.88. The number of amides is 1. The van der Waals surface area contributed by atoms with Gasteiger partial charge in [-0.05, 0) is 23.6 Å². The lowest BCUT2D eigenvalue weighted by Crippen LogP contribution is -2.30. The number of carbonyl (C=O) groups excluding carboxylic acids is 1. The average molecular weight is 279 g/mol. The van der Waals surface area contributed by atoms with Crippen molar-refractivity contribution in [2.24, 2.45) is 0 Å². The Kier molecular flexibility index (Phi) is 4.52. The average Bonchev–Trinajstić information content (AvgIpc) is 2.89. The molecule has 0 saturated heterocycles. The van der Waals surface area contributed by atoms with Crippen LogP contribution in [0.2, 0.25) is 0 Å². The molecule has 0 N–H and O–H groups in total. The lowest BCUT2D eigenvalue weighted by molar-refractivity contribution is -0.132. The predicted molar refractivity (Wildman–Crippen MR) is 72.7 cm³/mol. The number of hydrogen-bond donors (Lipinski definition) is 0. The minimum absolute atomic E-state index is 0.0919. The van der Waals surface area contributed by atoms with Crippen molar-refractivity contribution in [3.63, 3.8) is 0 Å². The van der Waals surface area contributed by atoms with Gasteiger partial charge in [0.1, 0.15) is 11.6 Å². The van der Waals surface area contributed by atoms with Gasteiger partial charge in [-0.3, -0.25) is 4.79 Å². The molecule has 0 atom stereocenters. The minimum Gasteiger partial charge on any atom is -0.484 e. The number of nitrogens with zero attached hydrogens (tertiary/aromatic N) is 1. The molecule has 0 fully saturated rings. The Balaban J connectivity index is 1.84. The largest absolute Gasteiger partial charge is 0.484 e. The van der Waals surface area contributed by atoms with E-state index in [0.717, 1.165) is 4.88 Å². The molecule has 1 aromatic heterocycles. The number of likely N-dealkylation sites (N-methyl/N-ethyl adjacent to an activating group) is 1. The summed E-state index contributed by atoms with van der Waals surface area (Å²) in [5.41, 5.74) is 0. The first kappa shape index (κ1) is 13.5. The topological polar surface area (TPSA) is 29.5 Å². The third kappa shape index (κ3) is 4.06. The van der Waals surface area contributed by atoms with Crippen LogP contribution in [-0.4, -0.2) is 24.5 Å². The second-order valence-corrected chi connectivity index (χ2v) is 5.11. The van der Waals surface area contributed by atoms with E-state index in [-0.39, 0.29) is 18.3 Å². The summed E-state index contributed by atoms with van der Waals surface area (Å²) in [5.74, 6) is -0.160. The standard InChI is InChI=1S/C14H14FNO2S/c1-16(9-13-6-3-7-19-13)14(17)10-18-12-5-2-4-11(15)8-12/h2-8H,9-10H2,1H3. The van der Waals surface area contributed by atoms with Crippen molar-refractivity contribution in [3.05, 3.63) is 52.5 Å². The lowest BCUT2D eigenvalue weighted by atomic mass is 10.3. The highest BCUT2D eigenvalue weighted by molar-refractivity contribution is 7.09. The van der Waals surface area contributed by atoms with Gasteiger partial charge in [-0.1, -0.05) is 12.1 Å². The van der Waals surface area contributed by atoms with Crippen LogP contribution < -0.4 is 4.74 Å². The summed E-state index contributed by atoms with van der Waals surface area (Å²) in [4.78, 5) is 14.5. The van der Waals surface area contributed by atoms with Crippen molar-refractivity contribution in [2.75, 3.05) is 13.7 Å². The van der Waals surface area contributed by atoms with E-state index in [2.05, 4.69) is 0 Å². The van der Waals surface area contributed by atoms with E-state index in [1.165, 1.54) is 12.1 Å². The number of ether oxygens (including phenoxy) is 1. The molecular formula is C14H14FNO2S. The molecule has 5 heteroatoms. The Morgan fingerprint density at radius 1 is 1.37 bits per heavy atom. The molecule has 0 radical (unpaired) electrons. The number of rotatable bonds is 5. The third-order valence-electron chi connectivity index (χ3n) is 2.56. The summed E-state index contributed by atoms with van der Waals surface area (Å²) in [7, 11) is 1.72. The molecule has 0 aliphatic heterocycles. The van der Waals surface area contributed by atoms with Crippen LogP contribution in [0.15, 0.2) is 41.8 Å². The molecule has 0 aliphatic rings. The van der Waals surface area contributed by atoms with E-state index in [1.807, 2.05) is 17.5 Å². The normalized spacial score (nSPS) is 10.2. The smallest absolute Gasteiger partial charge is 0.260 e. The summed E-state index contributed by atoms with van der Waals surface area (Å²) < 4.78 is 18.2. The number of thiophene rings is 1. The van der Waals surface area contributed by atoms with E-state index in [9.17, 15) is 9.18 Å². The molecule has 100 valence electrons. The van der Waals surface area contributed by atoms with Gasteiger partial charge in [0.2, 0.25) is 0 Å². The maximum atomic E-state index is 12.9. The molecule has 0 unspecified atom stereocenters. The zero-order valence-corrected chi connectivity index (χ0v) is 11.3. The van der Waals surface area contributed by atoms with Crippen molar-refractivity contribution in [1.29, 1.82) is 0 Å². The molecule has 2 rings (SSSR count). The first-order valence-corrected chi connectivity index (χ1v) is 6.68. The van der Waals surface area contributed by atoms with Gasteiger partial charge in [-0.2, -0.15) is 0 Å². The van der Waals surface area contributed by atoms with Gasteiger partial charge in [0, 0.05) is 18.0 Å². The van der Waals surface area contributed by atoms with Crippen molar-refractivity contribution >= 4 is 17.2 Å². The van der Waals surface area contributed by atoms with E-state index >= 15 is 0 Å². The second-order valence-electron chi connectivity index (χ2n) is 4.08. The number of hydrogen-bond acceptors (Lipinski definition) is 3. The Morgan fingerprint density at radius 2 is 2.21 bits per heavy atom. The highest BCUT2D eigenvalue weighted by atomic mass is 32.1. The SMILES string of the molecule is CN(Cc1cccs1)C(=O)COc1cccc(F)c1. The number of halogens is 1. The summed E-state index contributed by atoms with van der Waals surface area (Å²) in [6.45, 7) is 0.467. The van der Waals surface area contributed by atoms with Crippen molar-refractivity contribution in [2.45, 2.75) is 6.54 Å². The zero-order chi connectivity index (χ0) is 13.7. The summed E-state index contributed by atoms with van der Waals surface area (Å²) >= 11 is 1.60. The predicted octanol–water partition coefficient (Wildman–Crippen LogP) is 2.92. The maximum Gasteiger partial charge on any atom is 0.260 e. The first-order chi connectivity index (χ1) is 9.15. The van der Waals surface area contributed by atoms with Crippen LogP contribution in [0.1, 0.15) is 4.88 Å². The Bertz CT molecular complexity index is 542. The highest BCUT2D eigenvalue weighted by Crippen LogP contribution is 2.13. The monoisotopic (exact) mass is 279 g/mol. The number of carbonyl (C=O) groups is 1. The lowest BCUT2D eigenvalue weighted by Gasteiger charge is -2.16. The van der Waals surface area contributed by atoms with Gasteiger partial charge < -0.3 is 9.64 Å². The van der Waals surface area contributed by atoms with E-state index in [0.29, 0.717) is 12.3 Å². The van der Waals surface area contributed by atoms with Crippen molar-refractivity contribution < 1.29 is 13.9 Å². The van der Waals surface area contributed by atoms with Gasteiger partial charge in [-0.15, -0.1) is 11.3 Å². The quantitative estimate of drug-likeness (QED) is 0.842. The summed E-state index contributed by atoms with van der Waals surface area (Å²) in [6.07, 6.45) is 0. The minimum atomic E-state index is -0.378. The molecule has 2 aromatic rings. The number of benzene rings is 1. The molecule has 1 aromatic carbocycles. The molecule has 1 amide bonds. The van der Waals surface area contributed by atoms with Gasteiger partial charge in [0.05, 0.1) is 6.54 Å². The fourth-order valence-electron chi connectivity index (χ4n) is 1.54. The molecule has 0 saturated carbocycles. The van der Waals surface area contributed by atoms with Crippen LogP contribution in [0.3, 0.4) is 0 Å². The molecule has 0 bridgehead atoms. The van der Waals surface area contributed by atoms with Crippen LogP contribution in [0.4, 0.5) is 4.39 Å². The van der Waals surface area contributed by atoms with Gasteiger partial charge in [0.25, 0.3) is 5.91 Å². The fraction of sp³-hybridized carbons (Fsp3) is 0.214. The molecule has 1 heterocycles. The summed E-state index contributed by atoms with van der Waals surface area (Å²) in [6, 6.07) is 9.67. The summed E-state index contributed by atoms with van der Waals surface area (Å²) in [5, 5.41) is 1.97. The highest BCUT2D eigenvalue weighted by Gasteiger charge is 2.10. The van der Waals surface area contributed by atoms with Crippen LogP contribution in [0.5, 0.6) is 5.75 Å². The molecule has 19 heavy (non-hydrogen) atoms. The van der Waals surface area contributed by atoms with Crippen molar-refractivity contribution in [3.8, 4) is 5.75 Å². The molecule has 0 spiro atoms.